The number of nitrogens with one attached hydrogen (secondary N) is 1. The van der Waals surface area contributed by atoms with Crippen molar-refractivity contribution in [3.8, 4) is 0 Å². The zero-order valence-electron chi connectivity index (χ0n) is 8.55. The summed E-state index contributed by atoms with van der Waals surface area (Å²) in [5.74, 6) is -0.317. The van der Waals surface area contributed by atoms with Gasteiger partial charge in [0.25, 0.3) is 0 Å². The van der Waals surface area contributed by atoms with Crippen LogP contribution in [0, 0.1) is 5.82 Å². The molecular formula is C12H15F2N. The van der Waals surface area contributed by atoms with Crippen LogP contribution in [0.4, 0.5) is 8.78 Å². The van der Waals surface area contributed by atoms with Crippen LogP contribution < -0.4 is 5.32 Å². The van der Waals surface area contributed by atoms with Crippen molar-refractivity contribution >= 4 is 0 Å². The van der Waals surface area contributed by atoms with Crippen molar-refractivity contribution in [3.05, 3.63) is 35.6 Å². The molecule has 2 atom stereocenters. The van der Waals surface area contributed by atoms with Crippen molar-refractivity contribution in [1.82, 2.24) is 5.32 Å². The molecule has 1 N–H and O–H groups in total. The molecule has 0 radical (unpaired) electrons. The van der Waals surface area contributed by atoms with E-state index in [1.165, 1.54) is 24.3 Å². The summed E-state index contributed by atoms with van der Waals surface area (Å²) in [6.07, 6.45) is 2.02. The second-order valence-electron chi connectivity index (χ2n) is 4.01. The lowest BCUT2D eigenvalue weighted by atomic mass is 9.96. The van der Waals surface area contributed by atoms with Gasteiger partial charge in [0.1, 0.15) is 12.0 Å². The molecule has 1 aromatic carbocycles. The van der Waals surface area contributed by atoms with Gasteiger partial charge >= 0.3 is 0 Å². The first-order valence-electron chi connectivity index (χ1n) is 5.40. The van der Waals surface area contributed by atoms with Crippen LogP contribution in [0.15, 0.2) is 24.3 Å². The summed E-state index contributed by atoms with van der Waals surface area (Å²) < 4.78 is 26.6. The lowest BCUT2D eigenvalue weighted by molar-refractivity contribution is 0.221. The Kier molecular flexibility index (Phi) is 3.31. The maximum Gasteiger partial charge on any atom is 0.140 e. The van der Waals surface area contributed by atoms with Crippen LogP contribution >= 0.6 is 0 Å². The van der Waals surface area contributed by atoms with Gasteiger partial charge in [-0.3, -0.25) is 0 Å². The van der Waals surface area contributed by atoms with Gasteiger partial charge in [-0.05, 0) is 37.1 Å². The number of alkyl halides is 1. The van der Waals surface area contributed by atoms with Gasteiger partial charge in [0.05, 0.1) is 0 Å². The molecule has 0 amide bonds. The number of piperidine rings is 1. The van der Waals surface area contributed by atoms with E-state index in [1.54, 1.807) is 0 Å². The molecule has 0 spiro atoms. The molecule has 1 heterocycles. The molecular weight excluding hydrogens is 196 g/mol. The normalized spacial score (nSPS) is 23.7. The van der Waals surface area contributed by atoms with E-state index in [0.717, 1.165) is 25.8 Å². The molecule has 15 heavy (non-hydrogen) atoms. The SMILES string of the molecule is Fc1ccc(C(F)C2CCCCN2)cc1. The van der Waals surface area contributed by atoms with E-state index < -0.39 is 6.17 Å². The first-order chi connectivity index (χ1) is 7.27. The van der Waals surface area contributed by atoms with Crippen LogP contribution in [0.1, 0.15) is 31.0 Å². The summed E-state index contributed by atoms with van der Waals surface area (Å²) in [7, 11) is 0. The number of hydrogen-bond donors (Lipinski definition) is 1. The summed E-state index contributed by atoms with van der Waals surface area (Å²) in [6, 6.07) is 5.56. The molecule has 1 aliphatic heterocycles. The zero-order valence-corrected chi connectivity index (χ0v) is 8.55. The molecule has 1 aromatic rings. The Balaban J connectivity index is 2.05. The van der Waals surface area contributed by atoms with Gasteiger partial charge in [0.15, 0.2) is 0 Å². The molecule has 0 saturated carbocycles. The molecule has 1 saturated heterocycles. The van der Waals surface area contributed by atoms with Crippen LogP contribution in [0.3, 0.4) is 0 Å². The van der Waals surface area contributed by atoms with Gasteiger partial charge in [-0.1, -0.05) is 18.6 Å². The Bertz CT molecular complexity index is 304. The molecule has 1 aliphatic rings. The number of rotatable bonds is 2. The van der Waals surface area contributed by atoms with Gasteiger partial charge in [-0.15, -0.1) is 0 Å². The maximum absolute atomic E-state index is 14.0. The molecule has 0 bridgehead atoms. The van der Waals surface area contributed by atoms with E-state index in [2.05, 4.69) is 5.32 Å². The van der Waals surface area contributed by atoms with Gasteiger partial charge in [-0.2, -0.15) is 0 Å². The Labute approximate surface area is 88.5 Å². The van der Waals surface area contributed by atoms with Crippen molar-refractivity contribution in [2.24, 2.45) is 0 Å². The van der Waals surface area contributed by atoms with Gasteiger partial charge in [0, 0.05) is 6.04 Å². The van der Waals surface area contributed by atoms with Crippen LogP contribution in [0.5, 0.6) is 0 Å². The summed E-state index contributed by atoms with van der Waals surface area (Å²) in [4.78, 5) is 0. The molecule has 1 fully saturated rings. The highest BCUT2D eigenvalue weighted by molar-refractivity contribution is 5.20. The second-order valence-corrected chi connectivity index (χ2v) is 4.01. The molecule has 0 aliphatic carbocycles. The number of halogens is 2. The van der Waals surface area contributed by atoms with Gasteiger partial charge in [-0.25, -0.2) is 8.78 Å². The number of benzene rings is 1. The zero-order chi connectivity index (χ0) is 10.7. The lowest BCUT2D eigenvalue weighted by Crippen LogP contribution is -2.37. The van der Waals surface area contributed by atoms with Gasteiger partial charge in [0.2, 0.25) is 0 Å². The highest BCUT2D eigenvalue weighted by Gasteiger charge is 2.23. The van der Waals surface area contributed by atoms with Crippen LogP contribution in [-0.4, -0.2) is 12.6 Å². The van der Waals surface area contributed by atoms with Crippen molar-refractivity contribution in [1.29, 1.82) is 0 Å². The van der Waals surface area contributed by atoms with Crippen molar-refractivity contribution in [3.63, 3.8) is 0 Å². The predicted octanol–water partition coefficient (Wildman–Crippen LogP) is 2.98. The Morgan fingerprint density at radius 3 is 2.53 bits per heavy atom. The van der Waals surface area contributed by atoms with E-state index in [1.807, 2.05) is 0 Å². The van der Waals surface area contributed by atoms with Crippen molar-refractivity contribution < 1.29 is 8.78 Å². The van der Waals surface area contributed by atoms with Crippen LogP contribution in [0.2, 0.25) is 0 Å². The molecule has 3 heteroatoms. The first-order valence-corrected chi connectivity index (χ1v) is 5.40. The quantitative estimate of drug-likeness (QED) is 0.793. The monoisotopic (exact) mass is 211 g/mol. The molecule has 1 nitrogen and oxygen atoms in total. The Hall–Kier alpha value is -0.960. The molecule has 0 aromatic heterocycles. The van der Waals surface area contributed by atoms with Crippen molar-refractivity contribution in [2.75, 3.05) is 6.54 Å². The Morgan fingerprint density at radius 2 is 1.93 bits per heavy atom. The number of hydrogen-bond acceptors (Lipinski definition) is 1. The van der Waals surface area contributed by atoms with Crippen LogP contribution in [0.25, 0.3) is 0 Å². The molecule has 2 rings (SSSR count). The van der Waals surface area contributed by atoms with E-state index in [0.29, 0.717) is 5.56 Å². The van der Waals surface area contributed by atoms with E-state index >= 15 is 0 Å². The molecule has 82 valence electrons. The minimum Gasteiger partial charge on any atom is -0.311 e. The third-order valence-corrected chi connectivity index (χ3v) is 2.89. The molecule has 2 unspecified atom stereocenters. The van der Waals surface area contributed by atoms with E-state index in [9.17, 15) is 8.78 Å². The summed E-state index contributed by atoms with van der Waals surface area (Å²) >= 11 is 0. The fourth-order valence-electron chi connectivity index (χ4n) is 2.01. The smallest absolute Gasteiger partial charge is 0.140 e. The van der Waals surface area contributed by atoms with Crippen molar-refractivity contribution in [2.45, 2.75) is 31.5 Å². The van der Waals surface area contributed by atoms with E-state index in [-0.39, 0.29) is 11.9 Å². The summed E-state index contributed by atoms with van der Waals surface area (Å²) in [5.41, 5.74) is 0.566. The summed E-state index contributed by atoms with van der Waals surface area (Å²) in [5, 5.41) is 3.16. The van der Waals surface area contributed by atoms with E-state index in [4.69, 9.17) is 0 Å². The third kappa shape index (κ3) is 2.53. The highest BCUT2D eigenvalue weighted by atomic mass is 19.1. The second kappa shape index (κ2) is 4.71. The average Bonchev–Trinajstić information content (AvgIpc) is 2.30. The van der Waals surface area contributed by atoms with Gasteiger partial charge < -0.3 is 5.32 Å². The van der Waals surface area contributed by atoms with Crippen LogP contribution in [-0.2, 0) is 0 Å². The Morgan fingerprint density at radius 1 is 1.20 bits per heavy atom. The topological polar surface area (TPSA) is 12.0 Å². The highest BCUT2D eigenvalue weighted by Crippen LogP contribution is 2.26. The predicted molar refractivity (Wildman–Crippen MR) is 55.9 cm³/mol. The average molecular weight is 211 g/mol. The fourth-order valence-corrected chi connectivity index (χ4v) is 2.01. The largest absolute Gasteiger partial charge is 0.311 e. The first kappa shape index (κ1) is 10.6. The minimum absolute atomic E-state index is 0.107. The summed E-state index contributed by atoms with van der Waals surface area (Å²) in [6.45, 7) is 0.881. The maximum atomic E-state index is 14.0. The minimum atomic E-state index is -1.02. The lowest BCUT2D eigenvalue weighted by Gasteiger charge is -2.26. The standard InChI is InChI=1S/C12H15F2N/c13-10-6-4-9(5-7-10)12(14)11-3-1-2-8-15-11/h4-7,11-12,15H,1-3,8H2. The third-order valence-electron chi connectivity index (χ3n) is 2.89. The fraction of sp³-hybridized carbons (Fsp3) is 0.500.